The van der Waals surface area contributed by atoms with Crippen molar-refractivity contribution in [1.29, 1.82) is 0 Å². The standard InChI is InChI=1S/C20H17ClN2O2/c1-13-17(22-20(25-13)15-6-8-16(21)9-7-15)12-19(24)23-11-10-14-4-2-3-5-18(14)23/h2-9H,10-12H2,1H3. The predicted octanol–water partition coefficient (Wildman–Crippen LogP) is 4.44. The highest BCUT2D eigenvalue weighted by Crippen LogP contribution is 2.29. The van der Waals surface area contributed by atoms with Crippen molar-refractivity contribution in [3.63, 3.8) is 0 Å². The normalized spacial score (nSPS) is 13.1. The van der Waals surface area contributed by atoms with Crippen LogP contribution in [0.3, 0.4) is 0 Å². The van der Waals surface area contributed by atoms with Gasteiger partial charge in [-0.25, -0.2) is 4.98 Å². The van der Waals surface area contributed by atoms with Crippen LogP contribution in [0.2, 0.25) is 5.02 Å². The number of benzene rings is 2. The zero-order valence-electron chi connectivity index (χ0n) is 13.8. The minimum atomic E-state index is 0.0454. The van der Waals surface area contributed by atoms with E-state index >= 15 is 0 Å². The van der Waals surface area contributed by atoms with Crippen LogP contribution in [-0.2, 0) is 17.6 Å². The molecule has 0 unspecified atom stereocenters. The van der Waals surface area contributed by atoms with Crippen molar-refractivity contribution >= 4 is 23.2 Å². The van der Waals surface area contributed by atoms with Crippen LogP contribution in [0.25, 0.3) is 11.5 Å². The van der Waals surface area contributed by atoms with Crippen molar-refractivity contribution in [2.75, 3.05) is 11.4 Å². The lowest BCUT2D eigenvalue weighted by atomic mass is 10.2. The van der Waals surface area contributed by atoms with E-state index in [1.807, 2.05) is 42.2 Å². The van der Waals surface area contributed by atoms with Gasteiger partial charge in [-0.1, -0.05) is 29.8 Å². The van der Waals surface area contributed by atoms with Gasteiger partial charge in [0.1, 0.15) is 5.76 Å². The van der Waals surface area contributed by atoms with Gasteiger partial charge in [0.25, 0.3) is 0 Å². The molecule has 4 nitrogen and oxygen atoms in total. The molecule has 0 spiro atoms. The number of rotatable bonds is 3. The molecule has 0 radical (unpaired) electrons. The second-order valence-corrected chi connectivity index (χ2v) is 6.57. The second-order valence-electron chi connectivity index (χ2n) is 6.13. The molecule has 2 heterocycles. The molecule has 1 aliphatic heterocycles. The minimum Gasteiger partial charge on any atom is -0.441 e. The Morgan fingerprint density at radius 1 is 1.20 bits per heavy atom. The summed E-state index contributed by atoms with van der Waals surface area (Å²) in [5, 5.41) is 0.662. The molecule has 0 bridgehead atoms. The molecule has 3 aromatic rings. The molecule has 2 aromatic carbocycles. The van der Waals surface area contributed by atoms with Crippen LogP contribution in [0.5, 0.6) is 0 Å². The van der Waals surface area contributed by atoms with Crippen molar-refractivity contribution in [3.05, 3.63) is 70.6 Å². The predicted molar refractivity (Wildman–Crippen MR) is 97.9 cm³/mol. The molecule has 1 aromatic heterocycles. The number of hydrogen-bond acceptors (Lipinski definition) is 3. The number of anilines is 1. The molecule has 5 heteroatoms. The number of fused-ring (bicyclic) bond motifs is 1. The first-order chi connectivity index (χ1) is 12.1. The van der Waals surface area contributed by atoms with E-state index in [1.54, 1.807) is 12.1 Å². The molecule has 126 valence electrons. The highest BCUT2D eigenvalue weighted by atomic mass is 35.5. The number of hydrogen-bond donors (Lipinski definition) is 0. The van der Waals surface area contributed by atoms with E-state index in [2.05, 4.69) is 11.1 Å². The van der Waals surface area contributed by atoms with Crippen molar-refractivity contribution in [3.8, 4) is 11.5 Å². The first-order valence-corrected chi connectivity index (χ1v) is 8.60. The van der Waals surface area contributed by atoms with Gasteiger partial charge in [0.15, 0.2) is 0 Å². The Morgan fingerprint density at radius 3 is 2.76 bits per heavy atom. The summed E-state index contributed by atoms with van der Waals surface area (Å²) in [5.41, 5.74) is 3.75. The third kappa shape index (κ3) is 3.05. The van der Waals surface area contributed by atoms with Crippen molar-refractivity contribution in [2.24, 2.45) is 0 Å². The van der Waals surface area contributed by atoms with Crippen LogP contribution in [0, 0.1) is 6.92 Å². The summed E-state index contributed by atoms with van der Waals surface area (Å²) in [6.45, 7) is 2.56. The smallest absolute Gasteiger partial charge is 0.233 e. The van der Waals surface area contributed by atoms with Gasteiger partial charge >= 0.3 is 0 Å². The van der Waals surface area contributed by atoms with E-state index in [0.717, 1.165) is 24.2 Å². The van der Waals surface area contributed by atoms with E-state index in [-0.39, 0.29) is 12.3 Å². The summed E-state index contributed by atoms with van der Waals surface area (Å²) >= 11 is 5.92. The highest BCUT2D eigenvalue weighted by Gasteiger charge is 2.25. The number of aromatic nitrogens is 1. The van der Waals surface area contributed by atoms with Gasteiger partial charge in [-0.15, -0.1) is 0 Å². The number of carbonyl (C=O) groups excluding carboxylic acids is 1. The first-order valence-electron chi connectivity index (χ1n) is 8.22. The molecule has 25 heavy (non-hydrogen) atoms. The summed E-state index contributed by atoms with van der Waals surface area (Å²) in [7, 11) is 0. The first kappa shape index (κ1) is 15.9. The molecular formula is C20H17ClN2O2. The fourth-order valence-electron chi connectivity index (χ4n) is 3.14. The molecule has 4 rings (SSSR count). The molecule has 0 fully saturated rings. The molecule has 0 saturated heterocycles. The molecule has 0 N–H and O–H groups in total. The Hall–Kier alpha value is -2.59. The van der Waals surface area contributed by atoms with Gasteiger partial charge in [0.05, 0.1) is 12.1 Å². The quantitative estimate of drug-likeness (QED) is 0.700. The topological polar surface area (TPSA) is 46.3 Å². The minimum absolute atomic E-state index is 0.0454. The number of oxazole rings is 1. The van der Waals surface area contributed by atoms with Gasteiger partial charge in [0, 0.05) is 22.8 Å². The second kappa shape index (κ2) is 6.37. The van der Waals surface area contributed by atoms with E-state index in [4.69, 9.17) is 16.0 Å². The fourth-order valence-corrected chi connectivity index (χ4v) is 3.27. The Kier molecular flexibility index (Phi) is 4.06. The monoisotopic (exact) mass is 352 g/mol. The van der Waals surface area contributed by atoms with Crippen LogP contribution < -0.4 is 4.90 Å². The number of amides is 1. The number of para-hydroxylation sites is 1. The Bertz CT molecular complexity index is 931. The van der Waals surface area contributed by atoms with Crippen molar-refractivity contribution < 1.29 is 9.21 Å². The summed E-state index contributed by atoms with van der Waals surface area (Å²) in [6.07, 6.45) is 1.13. The maximum absolute atomic E-state index is 12.7. The van der Waals surface area contributed by atoms with E-state index in [1.165, 1.54) is 5.56 Å². The Balaban J connectivity index is 1.55. The molecule has 1 aliphatic rings. The average molecular weight is 353 g/mol. The molecule has 0 saturated carbocycles. The molecule has 0 aliphatic carbocycles. The lowest BCUT2D eigenvalue weighted by Crippen LogP contribution is -2.30. The fraction of sp³-hybridized carbons (Fsp3) is 0.200. The number of carbonyl (C=O) groups is 1. The van der Waals surface area contributed by atoms with Gasteiger partial charge in [0.2, 0.25) is 11.8 Å². The van der Waals surface area contributed by atoms with Crippen LogP contribution in [0.1, 0.15) is 17.0 Å². The lowest BCUT2D eigenvalue weighted by molar-refractivity contribution is -0.117. The van der Waals surface area contributed by atoms with Crippen molar-refractivity contribution in [2.45, 2.75) is 19.8 Å². The number of nitrogens with zero attached hydrogens (tertiary/aromatic N) is 2. The summed E-state index contributed by atoms with van der Waals surface area (Å²) in [5.74, 6) is 1.23. The molecular weight excluding hydrogens is 336 g/mol. The van der Waals surface area contributed by atoms with Gasteiger partial charge in [-0.3, -0.25) is 4.79 Å². The van der Waals surface area contributed by atoms with Crippen LogP contribution >= 0.6 is 11.6 Å². The largest absolute Gasteiger partial charge is 0.441 e. The SMILES string of the molecule is Cc1oc(-c2ccc(Cl)cc2)nc1CC(=O)N1CCc2ccccc21. The summed E-state index contributed by atoms with van der Waals surface area (Å²) in [4.78, 5) is 19.1. The Labute approximate surface area is 151 Å². The van der Waals surface area contributed by atoms with Gasteiger partial charge in [-0.05, 0) is 49.2 Å². The summed E-state index contributed by atoms with van der Waals surface area (Å²) < 4.78 is 5.75. The average Bonchev–Trinajstić information content (AvgIpc) is 3.20. The van der Waals surface area contributed by atoms with E-state index in [9.17, 15) is 4.79 Å². The third-order valence-corrected chi connectivity index (χ3v) is 4.74. The maximum Gasteiger partial charge on any atom is 0.233 e. The molecule has 1 amide bonds. The zero-order chi connectivity index (χ0) is 17.4. The maximum atomic E-state index is 12.7. The Morgan fingerprint density at radius 2 is 1.96 bits per heavy atom. The summed E-state index contributed by atoms with van der Waals surface area (Å²) in [6, 6.07) is 15.3. The van der Waals surface area contributed by atoms with Gasteiger partial charge in [-0.2, -0.15) is 0 Å². The van der Waals surface area contributed by atoms with Gasteiger partial charge < -0.3 is 9.32 Å². The van der Waals surface area contributed by atoms with Crippen LogP contribution in [0.15, 0.2) is 52.9 Å². The lowest BCUT2D eigenvalue weighted by Gasteiger charge is -2.16. The molecule has 0 atom stereocenters. The highest BCUT2D eigenvalue weighted by molar-refractivity contribution is 6.30. The van der Waals surface area contributed by atoms with Crippen LogP contribution in [-0.4, -0.2) is 17.4 Å². The van der Waals surface area contributed by atoms with Crippen molar-refractivity contribution in [1.82, 2.24) is 4.98 Å². The number of aryl methyl sites for hydroxylation is 1. The zero-order valence-corrected chi connectivity index (χ0v) is 14.6. The third-order valence-electron chi connectivity index (χ3n) is 4.49. The van der Waals surface area contributed by atoms with Crippen LogP contribution in [0.4, 0.5) is 5.69 Å². The van der Waals surface area contributed by atoms with E-state index < -0.39 is 0 Å². The van der Waals surface area contributed by atoms with E-state index in [0.29, 0.717) is 22.4 Å². The number of halogens is 1.